The van der Waals surface area contributed by atoms with Gasteiger partial charge in [0, 0.05) is 23.5 Å². The van der Waals surface area contributed by atoms with Crippen LogP contribution in [0.15, 0.2) is 36.4 Å². The topological polar surface area (TPSA) is 91.2 Å². The zero-order chi connectivity index (χ0) is 16.7. The van der Waals surface area contributed by atoms with Crippen LogP contribution in [0, 0.1) is 0 Å². The summed E-state index contributed by atoms with van der Waals surface area (Å²) in [5, 5.41) is 0.851. The third-order valence-electron chi connectivity index (χ3n) is 4.39. The zero-order valence-electron chi connectivity index (χ0n) is 13.0. The van der Waals surface area contributed by atoms with Crippen LogP contribution in [-0.4, -0.2) is 24.1 Å². The number of hydrogen-bond acceptors (Lipinski definition) is 5. The molecule has 4 rings (SSSR count). The summed E-state index contributed by atoms with van der Waals surface area (Å²) < 4.78 is 5.55. The summed E-state index contributed by atoms with van der Waals surface area (Å²) in [4.78, 5) is 17.5. The van der Waals surface area contributed by atoms with E-state index in [2.05, 4.69) is 6.07 Å². The second kappa shape index (κ2) is 5.89. The van der Waals surface area contributed by atoms with Crippen LogP contribution >= 0.6 is 11.3 Å². The third kappa shape index (κ3) is 2.44. The first-order chi connectivity index (χ1) is 11.6. The molecule has 4 N–H and O–H groups in total. The highest BCUT2D eigenvalue weighted by Crippen LogP contribution is 2.41. The standard InChI is InChI=1S/C18H17N3O2S/c19-15-14-12(11-6-7-23-9-11)8-13(10-4-2-1-3-5-10)21-18(14)24-16(15)17(20)22/h1-5,8,11H,6-7,9,19H2,(H2,20,22). The number of primary amides is 1. The van der Waals surface area contributed by atoms with Crippen LogP contribution in [-0.2, 0) is 4.74 Å². The molecular weight excluding hydrogens is 322 g/mol. The van der Waals surface area contributed by atoms with E-state index in [-0.39, 0.29) is 5.92 Å². The summed E-state index contributed by atoms with van der Waals surface area (Å²) in [7, 11) is 0. The number of fused-ring (bicyclic) bond motifs is 1. The average Bonchev–Trinajstić information content (AvgIpc) is 3.23. The molecule has 0 radical (unpaired) electrons. The Kier molecular flexibility index (Phi) is 3.70. The molecule has 3 heterocycles. The van der Waals surface area contributed by atoms with Crippen molar-refractivity contribution < 1.29 is 9.53 Å². The van der Waals surface area contributed by atoms with Crippen molar-refractivity contribution in [3.8, 4) is 11.3 Å². The number of anilines is 1. The predicted molar refractivity (Wildman–Crippen MR) is 96.2 cm³/mol. The first kappa shape index (κ1) is 15.1. The van der Waals surface area contributed by atoms with Gasteiger partial charge in [-0.3, -0.25) is 4.79 Å². The van der Waals surface area contributed by atoms with Crippen LogP contribution in [0.5, 0.6) is 0 Å². The Labute approximate surface area is 143 Å². The van der Waals surface area contributed by atoms with E-state index in [1.54, 1.807) is 0 Å². The van der Waals surface area contributed by atoms with Crippen molar-refractivity contribution in [1.29, 1.82) is 0 Å². The highest BCUT2D eigenvalue weighted by atomic mass is 32.1. The molecule has 122 valence electrons. The van der Waals surface area contributed by atoms with Crippen molar-refractivity contribution in [3.05, 3.63) is 46.8 Å². The number of nitrogens with two attached hydrogens (primary N) is 2. The Morgan fingerprint density at radius 3 is 2.75 bits per heavy atom. The lowest BCUT2D eigenvalue weighted by molar-refractivity contribution is 0.100. The highest BCUT2D eigenvalue weighted by Gasteiger charge is 2.25. The number of benzene rings is 1. The number of hydrogen-bond donors (Lipinski definition) is 2. The number of carbonyl (C=O) groups excluding carboxylic acids is 1. The summed E-state index contributed by atoms with van der Waals surface area (Å²) in [5.74, 6) is -0.249. The van der Waals surface area contributed by atoms with E-state index in [0.717, 1.165) is 40.1 Å². The number of rotatable bonds is 3. The minimum Gasteiger partial charge on any atom is -0.397 e. The Hall–Kier alpha value is -2.44. The molecule has 0 spiro atoms. The van der Waals surface area contributed by atoms with Gasteiger partial charge >= 0.3 is 0 Å². The van der Waals surface area contributed by atoms with Crippen LogP contribution in [0.3, 0.4) is 0 Å². The second-order valence-electron chi connectivity index (χ2n) is 5.91. The molecule has 1 saturated heterocycles. The molecule has 1 aliphatic rings. The number of ether oxygens (including phenoxy) is 1. The molecule has 0 aliphatic carbocycles. The first-order valence-electron chi connectivity index (χ1n) is 7.81. The maximum Gasteiger partial charge on any atom is 0.260 e. The van der Waals surface area contributed by atoms with Gasteiger partial charge in [-0.05, 0) is 18.1 Å². The van der Waals surface area contributed by atoms with Gasteiger partial charge in [0.25, 0.3) is 5.91 Å². The molecule has 1 aliphatic heterocycles. The molecule has 1 unspecified atom stereocenters. The Morgan fingerprint density at radius 1 is 1.29 bits per heavy atom. The van der Waals surface area contributed by atoms with E-state index in [9.17, 15) is 4.79 Å². The largest absolute Gasteiger partial charge is 0.397 e. The fourth-order valence-corrected chi connectivity index (χ4v) is 4.17. The SMILES string of the molecule is NC(=O)c1sc2nc(-c3ccccc3)cc(C3CCOC3)c2c1N. The van der Waals surface area contributed by atoms with Crippen LogP contribution in [0.2, 0.25) is 0 Å². The molecule has 0 saturated carbocycles. The predicted octanol–water partition coefficient (Wildman–Crippen LogP) is 3.15. The lowest BCUT2D eigenvalue weighted by atomic mass is 9.94. The molecule has 24 heavy (non-hydrogen) atoms. The lowest BCUT2D eigenvalue weighted by Gasteiger charge is -2.13. The van der Waals surface area contributed by atoms with E-state index < -0.39 is 5.91 Å². The minimum absolute atomic E-state index is 0.260. The summed E-state index contributed by atoms with van der Waals surface area (Å²) >= 11 is 1.26. The monoisotopic (exact) mass is 339 g/mol. The molecule has 2 aromatic heterocycles. The second-order valence-corrected chi connectivity index (χ2v) is 6.91. The minimum atomic E-state index is -0.509. The van der Waals surface area contributed by atoms with Crippen LogP contribution in [0.25, 0.3) is 21.5 Å². The van der Waals surface area contributed by atoms with E-state index in [1.807, 2.05) is 30.3 Å². The fourth-order valence-electron chi connectivity index (χ4n) is 3.19. The van der Waals surface area contributed by atoms with E-state index in [0.29, 0.717) is 17.2 Å². The van der Waals surface area contributed by atoms with E-state index in [4.69, 9.17) is 21.2 Å². The highest BCUT2D eigenvalue weighted by molar-refractivity contribution is 7.21. The fraction of sp³-hybridized carbons (Fsp3) is 0.222. The van der Waals surface area contributed by atoms with Crippen molar-refractivity contribution in [2.75, 3.05) is 18.9 Å². The molecule has 5 nitrogen and oxygen atoms in total. The van der Waals surface area contributed by atoms with Crippen molar-refractivity contribution in [3.63, 3.8) is 0 Å². The van der Waals surface area contributed by atoms with Crippen molar-refractivity contribution in [2.45, 2.75) is 12.3 Å². The number of pyridine rings is 1. The molecule has 6 heteroatoms. The van der Waals surface area contributed by atoms with Gasteiger partial charge in [-0.2, -0.15) is 0 Å². The maximum absolute atomic E-state index is 11.7. The van der Waals surface area contributed by atoms with Crippen molar-refractivity contribution >= 4 is 33.1 Å². The van der Waals surface area contributed by atoms with Gasteiger partial charge in [-0.15, -0.1) is 11.3 Å². The lowest BCUT2D eigenvalue weighted by Crippen LogP contribution is -2.11. The molecular formula is C18H17N3O2S. The molecule has 3 aromatic rings. The van der Waals surface area contributed by atoms with Gasteiger partial charge in [0.1, 0.15) is 9.71 Å². The Balaban J connectivity index is 1.99. The van der Waals surface area contributed by atoms with Crippen molar-refractivity contribution in [2.24, 2.45) is 5.73 Å². The van der Waals surface area contributed by atoms with Gasteiger partial charge in [0.15, 0.2) is 0 Å². The van der Waals surface area contributed by atoms with Gasteiger partial charge < -0.3 is 16.2 Å². The molecule has 1 fully saturated rings. The number of carbonyl (C=O) groups is 1. The summed E-state index contributed by atoms with van der Waals surface area (Å²) in [6.45, 7) is 1.40. The quantitative estimate of drug-likeness (QED) is 0.767. The number of nitrogen functional groups attached to an aromatic ring is 1. The van der Waals surface area contributed by atoms with Crippen LogP contribution < -0.4 is 11.5 Å². The smallest absolute Gasteiger partial charge is 0.260 e. The van der Waals surface area contributed by atoms with Crippen LogP contribution in [0.4, 0.5) is 5.69 Å². The normalized spacial score (nSPS) is 17.4. The van der Waals surface area contributed by atoms with Crippen molar-refractivity contribution in [1.82, 2.24) is 4.98 Å². The summed E-state index contributed by atoms with van der Waals surface area (Å²) in [6, 6.07) is 12.1. The van der Waals surface area contributed by atoms with E-state index in [1.165, 1.54) is 11.3 Å². The van der Waals surface area contributed by atoms with Gasteiger partial charge in [-0.1, -0.05) is 30.3 Å². The molecule has 0 bridgehead atoms. The summed E-state index contributed by atoms with van der Waals surface area (Å²) in [5.41, 5.74) is 15.1. The molecule has 1 amide bonds. The first-order valence-corrected chi connectivity index (χ1v) is 8.62. The summed E-state index contributed by atoms with van der Waals surface area (Å²) in [6.07, 6.45) is 0.939. The van der Waals surface area contributed by atoms with E-state index >= 15 is 0 Å². The average molecular weight is 339 g/mol. The van der Waals surface area contributed by atoms with Gasteiger partial charge in [0.2, 0.25) is 0 Å². The number of aromatic nitrogens is 1. The van der Waals surface area contributed by atoms with Crippen LogP contribution in [0.1, 0.15) is 27.6 Å². The third-order valence-corrected chi connectivity index (χ3v) is 5.51. The Bertz CT molecular complexity index is 915. The molecule has 1 aromatic carbocycles. The van der Waals surface area contributed by atoms with Gasteiger partial charge in [-0.25, -0.2) is 4.98 Å². The molecule has 1 atom stereocenters. The maximum atomic E-state index is 11.7. The van der Waals surface area contributed by atoms with Gasteiger partial charge in [0.05, 0.1) is 18.0 Å². The zero-order valence-corrected chi connectivity index (χ0v) is 13.8. The number of amides is 1. The Morgan fingerprint density at radius 2 is 2.08 bits per heavy atom. The number of nitrogens with zero attached hydrogens (tertiary/aromatic N) is 1. The number of thiophene rings is 1.